The molecule has 0 fully saturated rings. The molecule has 0 rings (SSSR count). The van der Waals surface area contributed by atoms with Gasteiger partial charge in [0.1, 0.15) is 0 Å². The Kier molecular flexibility index (Phi) is 11.3. The quantitative estimate of drug-likeness (QED) is 0.410. The monoisotopic (exact) mass is 300 g/mol. The Morgan fingerprint density at radius 3 is 1.89 bits per heavy atom. The van der Waals surface area contributed by atoms with E-state index < -0.39 is 17.9 Å². The van der Waals surface area contributed by atoms with Crippen LogP contribution >= 0.6 is 0 Å². The molecule has 0 saturated heterocycles. The molecule has 0 heterocycles. The Morgan fingerprint density at radius 2 is 1.58 bits per heavy atom. The average Bonchev–Trinajstić information content (AvgIpc) is 2.20. The Morgan fingerprint density at radius 1 is 1.11 bits per heavy atom. The zero-order chi connectivity index (χ0) is 14.3. The standard InChI is InChI=1S/C14H26O4.Ca.2H/c1-5-6-7-8-10(14(2,3)4)9-11(12(15)16)13(17)18;;;/h10-11H,5-9H2,1-4H3,(H,15,16)(H,17,18);;;/q;+2;2*-1. The maximum absolute atomic E-state index is 11.0. The van der Waals surface area contributed by atoms with Crippen LogP contribution < -0.4 is 0 Å². The molecule has 0 aliphatic carbocycles. The summed E-state index contributed by atoms with van der Waals surface area (Å²) in [5.74, 6) is -3.61. The minimum atomic E-state index is -1.28. The first-order valence-electron chi connectivity index (χ1n) is 6.65. The van der Waals surface area contributed by atoms with Crippen LogP contribution in [0.1, 0.15) is 62.7 Å². The molecule has 0 saturated carbocycles. The molecular formula is C14H28CaO4. The Hall–Kier alpha value is 0.200. The number of carboxylic acid groups (broad SMARTS) is 2. The van der Waals surface area contributed by atoms with Gasteiger partial charge < -0.3 is 13.1 Å². The molecule has 1 atom stereocenters. The molecule has 1 unspecified atom stereocenters. The van der Waals surface area contributed by atoms with Gasteiger partial charge in [0.15, 0.2) is 5.92 Å². The van der Waals surface area contributed by atoms with Crippen LogP contribution in [0.2, 0.25) is 0 Å². The van der Waals surface area contributed by atoms with Crippen molar-refractivity contribution >= 4 is 49.7 Å². The summed E-state index contributed by atoms with van der Waals surface area (Å²) >= 11 is 0. The van der Waals surface area contributed by atoms with Crippen LogP contribution in [0.4, 0.5) is 0 Å². The topological polar surface area (TPSA) is 74.6 Å². The van der Waals surface area contributed by atoms with E-state index in [1.807, 2.05) is 20.8 Å². The summed E-state index contributed by atoms with van der Waals surface area (Å²) in [4.78, 5) is 21.9. The van der Waals surface area contributed by atoms with Crippen molar-refractivity contribution in [3.8, 4) is 0 Å². The largest absolute Gasteiger partial charge is 2.00 e. The van der Waals surface area contributed by atoms with Crippen molar-refractivity contribution in [1.29, 1.82) is 0 Å². The second-order valence-electron chi connectivity index (χ2n) is 6.02. The Balaban J connectivity index is -0.000000482. The summed E-state index contributed by atoms with van der Waals surface area (Å²) < 4.78 is 0. The van der Waals surface area contributed by atoms with Crippen LogP contribution in [-0.4, -0.2) is 59.9 Å². The van der Waals surface area contributed by atoms with Gasteiger partial charge in [0.05, 0.1) is 0 Å². The molecule has 0 radical (unpaired) electrons. The van der Waals surface area contributed by atoms with Crippen LogP contribution in [0, 0.1) is 17.3 Å². The van der Waals surface area contributed by atoms with Crippen molar-refractivity contribution in [3.05, 3.63) is 0 Å². The minimum absolute atomic E-state index is 0. The zero-order valence-corrected chi connectivity index (χ0v) is 14.8. The maximum Gasteiger partial charge on any atom is 2.00 e. The number of carbonyl (C=O) groups is 2. The van der Waals surface area contributed by atoms with Crippen LogP contribution in [0.5, 0.6) is 0 Å². The molecule has 0 aromatic carbocycles. The molecule has 0 spiro atoms. The van der Waals surface area contributed by atoms with E-state index in [-0.39, 0.29) is 58.3 Å². The smallest absolute Gasteiger partial charge is 1.00 e. The van der Waals surface area contributed by atoms with Gasteiger partial charge in [0.25, 0.3) is 0 Å². The molecule has 110 valence electrons. The predicted octanol–water partition coefficient (Wildman–Crippen LogP) is 3.25. The number of hydrogen-bond acceptors (Lipinski definition) is 2. The van der Waals surface area contributed by atoms with Gasteiger partial charge in [-0.05, 0) is 24.2 Å². The summed E-state index contributed by atoms with van der Waals surface area (Å²) in [5.41, 5.74) is -0.0586. The normalized spacial score (nSPS) is 12.9. The van der Waals surface area contributed by atoms with Gasteiger partial charge in [-0.3, -0.25) is 9.59 Å². The number of carboxylic acids is 2. The van der Waals surface area contributed by atoms with E-state index in [9.17, 15) is 9.59 Å². The molecule has 5 heteroatoms. The van der Waals surface area contributed by atoms with Gasteiger partial charge >= 0.3 is 49.7 Å². The third-order valence-electron chi connectivity index (χ3n) is 3.50. The van der Waals surface area contributed by atoms with E-state index in [1.54, 1.807) is 0 Å². The average molecular weight is 300 g/mol. The molecule has 4 nitrogen and oxygen atoms in total. The van der Waals surface area contributed by atoms with Crippen LogP contribution in [0.25, 0.3) is 0 Å². The molecule has 0 bridgehead atoms. The molecule has 0 aromatic heterocycles. The van der Waals surface area contributed by atoms with Gasteiger partial charge in [-0.2, -0.15) is 0 Å². The first-order chi connectivity index (χ1) is 8.20. The van der Waals surface area contributed by atoms with Crippen LogP contribution in [0.15, 0.2) is 0 Å². The molecule has 0 amide bonds. The van der Waals surface area contributed by atoms with Crippen molar-refractivity contribution < 1.29 is 22.7 Å². The fraction of sp³-hybridized carbons (Fsp3) is 0.857. The Bertz CT molecular complexity index is 279. The maximum atomic E-state index is 11.0. The number of hydrogen-bond donors (Lipinski definition) is 2. The predicted molar refractivity (Wildman–Crippen MR) is 78.4 cm³/mol. The summed E-state index contributed by atoms with van der Waals surface area (Å²) in [6.45, 7) is 8.25. The number of unbranched alkanes of at least 4 members (excludes halogenated alkanes) is 2. The SMILES string of the molecule is CCCCCC(CC(C(=O)O)C(=O)O)C(C)(C)C.[Ca+2].[H-].[H-]. The molecule has 0 aliphatic heterocycles. The molecule has 0 aliphatic rings. The first-order valence-corrected chi connectivity index (χ1v) is 6.65. The van der Waals surface area contributed by atoms with E-state index >= 15 is 0 Å². The second kappa shape index (κ2) is 10.0. The first kappa shape index (κ1) is 21.5. The van der Waals surface area contributed by atoms with Crippen LogP contribution in [-0.2, 0) is 9.59 Å². The fourth-order valence-electron chi connectivity index (χ4n) is 2.14. The van der Waals surface area contributed by atoms with E-state index in [1.165, 1.54) is 0 Å². The summed E-state index contributed by atoms with van der Waals surface area (Å²) in [6, 6.07) is 0. The van der Waals surface area contributed by atoms with Gasteiger partial charge in [-0.15, -0.1) is 0 Å². The number of aliphatic carboxylic acids is 2. The third kappa shape index (κ3) is 8.87. The van der Waals surface area contributed by atoms with Crippen molar-refractivity contribution in [1.82, 2.24) is 0 Å². The molecule has 2 N–H and O–H groups in total. The Labute approximate surface area is 148 Å². The number of rotatable bonds is 8. The van der Waals surface area contributed by atoms with Gasteiger partial charge in [-0.25, -0.2) is 0 Å². The van der Waals surface area contributed by atoms with E-state index in [0.717, 1.165) is 25.7 Å². The zero-order valence-electron chi connectivity index (χ0n) is 14.6. The van der Waals surface area contributed by atoms with Crippen molar-refractivity contribution in [2.24, 2.45) is 17.3 Å². The molecule has 0 aromatic rings. The van der Waals surface area contributed by atoms with E-state index in [4.69, 9.17) is 10.2 Å². The van der Waals surface area contributed by atoms with Crippen molar-refractivity contribution in [2.45, 2.75) is 59.8 Å². The van der Waals surface area contributed by atoms with Crippen molar-refractivity contribution in [3.63, 3.8) is 0 Å². The van der Waals surface area contributed by atoms with Gasteiger partial charge in [0.2, 0.25) is 0 Å². The van der Waals surface area contributed by atoms with Gasteiger partial charge in [-0.1, -0.05) is 47.0 Å². The van der Waals surface area contributed by atoms with Crippen LogP contribution in [0.3, 0.4) is 0 Å². The summed E-state index contributed by atoms with van der Waals surface area (Å²) in [7, 11) is 0. The third-order valence-corrected chi connectivity index (χ3v) is 3.50. The van der Waals surface area contributed by atoms with E-state index in [2.05, 4.69) is 6.92 Å². The fourth-order valence-corrected chi connectivity index (χ4v) is 2.14. The molecule has 19 heavy (non-hydrogen) atoms. The summed E-state index contributed by atoms with van der Waals surface area (Å²) in [6.07, 6.45) is 4.37. The molecular weight excluding hydrogens is 272 g/mol. The van der Waals surface area contributed by atoms with Crippen molar-refractivity contribution in [2.75, 3.05) is 0 Å². The minimum Gasteiger partial charge on any atom is -1.00 e. The van der Waals surface area contributed by atoms with Gasteiger partial charge in [0, 0.05) is 0 Å². The van der Waals surface area contributed by atoms with E-state index in [0.29, 0.717) is 0 Å². The summed E-state index contributed by atoms with van der Waals surface area (Å²) in [5, 5.41) is 17.9. The second-order valence-corrected chi connectivity index (χ2v) is 6.02.